The maximum atomic E-state index is 13.1. The number of benzene rings is 2. The number of nitro benzene ring substituents is 1. The molecule has 0 fully saturated rings. The molecule has 16 heteroatoms. The molecule has 2 aromatic carbocycles. The Morgan fingerprint density at radius 1 is 1.25 bits per heavy atom. The molecule has 0 N–H and O–H groups in total. The zero-order chi connectivity index (χ0) is 24.2. The Hall–Kier alpha value is -2.49. The normalized spacial score (nSPS) is 16.9. The first-order valence-corrected chi connectivity index (χ1v) is 12.6. The van der Waals surface area contributed by atoms with E-state index in [1.807, 2.05) is 0 Å². The third kappa shape index (κ3) is 4.65. The lowest BCUT2D eigenvalue weighted by molar-refractivity contribution is -0.383. The quantitative estimate of drug-likeness (QED) is 0.255. The molecule has 0 spiro atoms. The van der Waals surface area contributed by atoms with Crippen LogP contribution in [0.1, 0.15) is 11.5 Å². The summed E-state index contributed by atoms with van der Waals surface area (Å²) >= 11 is 0. The molecule has 1 heterocycles. The van der Waals surface area contributed by atoms with Gasteiger partial charge >= 0.3 is 12.1 Å². The molecule has 0 aromatic heterocycles. The molecule has 0 saturated carbocycles. The lowest BCUT2D eigenvalue weighted by Gasteiger charge is -2.19. The SMILES string of the molecule is CS(=O)(=O)OCC1CN(C(=O)C(F)(F)F)c2cc([N+](=O)[O-])c3cc(S(=O)(=O)Cl)ccc3c21. The Labute approximate surface area is 183 Å². The second kappa shape index (κ2) is 7.83. The Morgan fingerprint density at radius 3 is 2.38 bits per heavy atom. The van der Waals surface area contributed by atoms with Crippen molar-refractivity contribution in [3.05, 3.63) is 39.9 Å². The molecule has 0 bridgehead atoms. The van der Waals surface area contributed by atoms with Gasteiger partial charge < -0.3 is 4.90 Å². The van der Waals surface area contributed by atoms with Crippen LogP contribution in [0.15, 0.2) is 29.2 Å². The molecule has 3 rings (SSSR count). The second-order valence-corrected chi connectivity index (χ2v) is 11.0. The van der Waals surface area contributed by atoms with Crippen molar-refractivity contribution in [3.8, 4) is 0 Å². The summed E-state index contributed by atoms with van der Waals surface area (Å²) in [7, 11) is -3.03. The highest BCUT2D eigenvalue weighted by Crippen LogP contribution is 2.46. The van der Waals surface area contributed by atoms with Crippen LogP contribution in [0.5, 0.6) is 0 Å². The van der Waals surface area contributed by atoms with Crippen molar-refractivity contribution < 1.29 is 43.9 Å². The lowest BCUT2D eigenvalue weighted by atomic mass is 9.94. The van der Waals surface area contributed by atoms with Crippen molar-refractivity contribution in [1.82, 2.24) is 0 Å². The summed E-state index contributed by atoms with van der Waals surface area (Å²) < 4.78 is 90.1. The van der Waals surface area contributed by atoms with E-state index in [0.29, 0.717) is 12.3 Å². The van der Waals surface area contributed by atoms with Crippen LogP contribution in [0.2, 0.25) is 0 Å². The van der Waals surface area contributed by atoms with E-state index >= 15 is 0 Å². The van der Waals surface area contributed by atoms with Gasteiger partial charge in [0.05, 0.1) is 33.8 Å². The lowest BCUT2D eigenvalue weighted by Crippen LogP contribution is -2.40. The minimum atomic E-state index is -5.32. The van der Waals surface area contributed by atoms with Gasteiger partial charge in [-0.05, 0) is 23.1 Å². The van der Waals surface area contributed by atoms with E-state index in [4.69, 9.17) is 14.9 Å². The summed E-state index contributed by atoms with van der Waals surface area (Å²) in [6, 6.07) is 3.65. The third-order valence-corrected chi connectivity index (χ3v) is 6.57. The molecule has 1 aliphatic heterocycles. The fraction of sp³-hybridized carbons (Fsp3) is 0.312. The minimum Gasteiger partial charge on any atom is -0.303 e. The zero-order valence-electron chi connectivity index (χ0n) is 15.8. The van der Waals surface area contributed by atoms with Gasteiger partial charge in [0.25, 0.3) is 24.9 Å². The molecular weight excluding hydrogens is 505 g/mol. The number of hydrogen-bond donors (Lipinski definition) is 0. The van der Waals surface area contributed by atoms with Crippen molar-refractivity contribution in [1.29, 1.82) is 0 Å². The number of non-ortho nitro benzene ring substituents is 1. The number of nitro groups is 1. The molecule has 1 amide bonds. The maximum absolute atomic E-state index is 13.1. The van der Waals surface area contributed by atoms with Crippen LogP contribution in [-0.4, -0.2) is 53.2 Å². The summed E-state index contributed by atoms with van der Waals surface area (Å²) in [4.78, 5) is 22.3. The highest BCUT2D eigenvalue weighted by molar-refractivity contribution is 8.13. The van der Waals surface area contributed by atoms with Gasteiger partial charge in [0.2, 0.25) is 0 Å². The number of carbonyl (C=O) groups is 1. The van der Waals surface area contributed by atoms with Crippen LogP contribution >= 0.6 is 10.7 Å². The van der Waals surface area contributed by atoms with E-state index in [1.165, 1.54) is 0 Å². The van der Waals surface area contributed by atoms with Crippen LogP contribution in [-0.2, 0) is 28.1 Å². The smallest absolute Gasteiger partial charge is 0.303 e. The molecule has 0 aliphatic carbocycles. The number of carbonyl (C=O) groups excluding carboxylic acids is 1. The summed E-state index contributed by atoms with van der Waals surface area (Å²) in [5.41, 5.74) is -1.27. The number of hydrogen-bond acceptors (Lipinski definition) is 8. The third-order valence-electron chi connectivity index (χ3n) is 4.66. The van der Waals surface area contributed by atoms with Gasteiger partial charge in [-0.15, -0.1) is 0 Å². The topological polar surface area (TPSA) is 141 Å². The first kappa shape index (κ1) is 24.2. The largest absolute Gasteiger partial charge is 0.471 e. The van der Waals surface area contributed by atoms with Crippen molar-refractivity contribution in [2.75, 3.05) is 24.3 Å². The van der Waals surface area contributed by atoms with Gasteiger partial charge in [-0.25, -0.2) is 8.42 Å². The van der Waals surface area contributed by atoms with Crippen LogP contribution in [0.4, 0.5) is 24.5 Å². The highest BCUT2D eigenvalue weighted by atomic mass is 35.7. The number of alkyl halides is 3. The zero-order valence-corrected chi connectivity index (χ0v) is 18.2. The molecular formula is C16H12ClF3N2O8S2. The molecule has 174 valence electrons. The number of fused-ring (bicyclic) bond motifs is 3. The standard InChI is InChI=1S/C16H12ClF3N2O8S2/c1-31(26,27)30-7-8-6-21(15(23)16(18,19)20)13-5-12(22(24)25)11-4-9(32(17,28)29)2-3-10(11)14(8)13/h2-5,8H,6-7H2,1H3. The van der Waals surface area contributed by atoms with Gasteiger partial charge in [0.15, 0.2) is 0 Å². The Kier molecular flexibility index (Phi) is 5.91. The maximum Gasteiger partial charge on any atom is 0.471 e. The molecule has 1 atom stereocenters. The predicted molar refractivity (Wildman–Crippen MR) is 106 cm³/mol. The van der Waals surface area contributed by atoms with Crippen molar-refractivity contribution in [2.45, 2.75) is 17.0 Å². The van der Waals surface area contributed by atoms with Crippen molar-refractivity contribution in [2.24, 2.45) is 0 Å². The van der Waals surface area contributed by atoms with E-state index in [9.17, 15) is 44.9 Å². The van der Waals surface area contributed by atoms with E-state index in [0.717, 1.165) is 18.2 Å². The molecule has 2 aromatic rings. The fourth-order valence-electron chi connectivity index (χ4n) is 3.45. The monoisotopic (exact) mass is 516 g/mol. The number of nitrogens with zero attached hydrogens (tertiary/aromatic N) is 2. The Morgan fingerprint density at radius 2 is 1.88 bits per heavy atom. The van der Waals surface area contributed by atoms with Crippen molar-refractivity contribution >= 4 is 57.9 Å². The number of anilines is 1. The van der Waals surface area contributed by atoms with E-state index in [1.54, 1.807) is 0 Å². The summed E-state index contributed by atoms with van der Waals surface area (Å²) in [5, 5.41) is 11.2. The first-order valence-electron chi connectivity index (χ1n) is 8.43. The summed E-state index contributed by atoms with van der Waals surface area (Å²) in [5.74, 6) is -3.43. The molecule has 32 heavy (non-hydrogen) atoms. The molecule has 10 nitrogen and oxygen atoms in total. The van der Waals surface area contributed by atoms with Gasteiger partial charge in [-0.2, -0.15) is 21.6 Å². The van der Waals surface area contributed by atoms with Gasteiger partial charge in [-0.3, -0.25) is 19.1 Å². The Balaban J connectivity index is 2.33. The molecule has 0 saturated heterocycles. The van der Waals surface area contributed by atoms with E-state index in [2.05, 4.69) is 0 Å². The van der Waals surface area contributed by atoms with E-state index < -0.39 is 71.5 Å². The van der Waals surface area contributed by atoms with E-state index in [-0.39, 0.29) is 21.2 Å². The average Bonchev–Trinajstić information content (AvgIpc) is 3.01. The molecule has 1 unspecified atom stereocenters. The number of amides is 1. The molecule has 0 radical (unpaired) electrons. The number of halogens is 4. The van der Waals surface area contributed by atoms with Crippen LogP contribution < -0.4 is 4.90 Å². The summed E-state index contributed by atoms with van der Waals surface area (Å²) in [6.45, 7) is -1.33. The van der Waals surface area contributed by atoms with Gasteiger partial charge in [-0.1, -0.05) is 6.07 Å². The predicted octanol–water partition coefficient (Wildman–Crippen LogP) is 2.64. The average molecular weight is 517 g/mol. The Bertz CT molecular complexity index is 1360. The molecule has 1 aliphatic rings. The van der Waals surface area contributed by atoms with Gasteiger partial charge in [0.1, 0.15) is 0 Å². The summed E-state index contributed by atoms with van der Waals surface area (Å²) in [6.07, 6.45) is -4.60. The van der Waals surface area contributed by atoms with Crippen molar-refractivity contribution in [3.63, 3.8) is 0 Å². The van der Waals surface area contributed by atoms with Crippen LogP contribution in [0.25, 0.3) is 10.8 Å². The van der Waals surface area contributed by atoms with Crippen LogP contribution in [0.3, 0.4) is 0 Å². The first-order chi connectivity index (χ1) is 14.5. The number of rotatable bonds is 5. The second-order valence-electron chi connectivity index (χ2n) is 6.83. The minimum absolute atomic E-state index is 0.0367. The highest BCUT2D eigenvalue weighted by Gasteiger charge is 2.48. The fourth-order valence-corrected chi connectivity index (χ4v) is 4.63. The van der Waals surface area contributed by atoms with Gasteiger partial charge in [0, 0.05) is 29.2 Å². The van der Waals surface area contributed by atoms with Crippen LogP contribution in [0, 0.1) is 10.1 Å².